The van der Waals surface area contributed by atoms with E-state index >= 15 is 0 Å². The second kappa shape index (κ2) is 7.44. The Balaban J connectivity index is 2.69. The van der Waals surface area contributed by atoms with Crippen molar-refractivity contribution in [3.63, 3.8) is 0 Å². The van der Waals surface area contributed by atoms with Gasteiger partial charge in [0.1, 0.15) is 18.5 Å². The third-order valence-electron chi connectivity index (χ3n) is 2.59. The van der Waals surface area contributed by atoms with Crippen molar-refractivity contribution in [1.82, 2.24) is 10.3 Å². The number of nitrogen functional groups attached to an aromatic ring is 1. The molecule has 20 heavy (non-hydrogen) atoms. The molecule has 0 saturated heterocycles. The van der Waals surface area contributed by atoms with E-state index in [2.05, 4.69) is 15.6 Å². The Labute approximate surface area is 117 Å². The first-order chi connectivity index (χ1) is 9.43. The smallest absolute Gasteiger partial charge is 0.247 e. The summed E-state index contributed by atoms with van der Waals surface area (Å²) in [5, 5.41) is 5.31. The Bertz CT molecular complexity index is 459. The van der Waals surface area contributed by atoms with Crippen LogP contribution in [0.25, 0.3) is 0 Å². The van der Waals surface area contributed by atoms with Crippen LogP contribution in [-0.2, 0) is 14.3 Å². The Morgan fingerprint density at radius 2 is 2.10 bits per heavy atom. The third-order valence-corrected chi connectivity index (χ3v) is 2.59. The minimum Gasteiger partial charge on any atom is -0.384 e. The van der Waals surface area contributed by atoms with Crippen LogP contribution >= 0.6 is 0 Å². The van der Waals surface area contributed by atoms with Crippen molar-refractivity contribution in [2.75, 3.05) is 24.8 Å². The van der Waals surface area contributed by atoms with Gasteiger partial charge in [-0.25, -0.2) is 4.98 Å². The van der Waals surface area contributed by atoms with E-state index < -0.39 is 6.04 Å². The summed E-state index contributed by atoms with van der Waals surface area (Å²) in [4.78, 5) is 27.6. The van der Waals surface area contributed by atoms with E-state index in [1.165, 1.54) is 13.3 Å². The van der Waals surface area contributed by atoms with E-state index in [-0.39, 0.29) is 24.3 Å². The molecule has 4 N–H and O–H groups in total. The zero-order valence-corrected chi connectivity index (χ0v) is 11.8. The lowest BCUT2D eigenvalue weighted by Crippen LogP contribution is -2.48. The first-order valence-corrected chi connectivity index (χ1v) is 6.24. The van der Waals surface area contributed by atoms with E-state index in [9.17, 15) is 9.59 Å². The molecule has 0 aliphatic heterocycles. The number of pyridine rings is 1. The number of nitrogens with two attached hydrogens (primary N) is 1. The van der Waals surface area contributed by atoms with Gasteiger partial charge >= 0.3 is 0 Å². The Morgan fingerprint density at radius 3 is 2.60 bits per heavy atom. The molecule has 1 aromatic rings. The molecule has 0 aliphatic rings. The number of rotatable bonds is 6. The van der Waals surface area contributed by atoms with Crippen molar-refractivity contribution >= 4 is 23.3 Å². The average molecular weight is 280 g/mol. The number of methoxy groups -OCH3 is 1. The summed E-state index contributed by atoms with van der Waals surface area (Å²) < 4.78 is 4.73. The summed E-state index contributed by atoms with van der Waals surface area (Å²) in [7, 11) is 1.42. The molecule has 7 heteroatoms. The molecule has 1 atom stereocenters. The summed E-state index contributed by atoms with van der Waals surface area (Å²) in [6.45, 7) is 3.61. The first kappa shape index (κ1) is 15.9. The summed E-state index contributed by atoms with van der Waals surface area (Å²) in [6.07, 6.45) is 1.46. The Morgan fingerprint density at radius 1 is 1.40 bits per heavy atom. The summed E-state index contributed by atoms with van der Waals surface area (Å²) in [5.74, 6) is -0.331. The van der Waals surface area contributed by atoms with Crippen molar-refractivity contribution in [3.8, 4) is 0 Å². The number of carbonyl (C=O) groups is 2. The fourth-order valence-electron chi connectivity index (χ4n) is 1.58. The minimum atomic E-state index is -0.643. The van der Waals surface area contributed by atoms with E-state index in [0.29, 0.717) is 11.5 Å². The summed E-state index contributed by atoms with van der Waals surface area (Å²) in [5.41, 5.74) is 5.99. The number of nitrogens with one attached hydrogen (secondary N) is 2. The van der Waals surface area contributed by atoms with Crippen LogP contribution in [0.1, 0.15) is 13.8 Å². The molecule has 0 fully saturated rings. The molecule has 0 bridgehead atoms. The van der Waals surface area contributed by atoms with Gasteiger partial charge in [-0.3, -0.25) is 9.59 Å². The van der Waals surface area contributed by atoms with Crippen LogP contribution in [0.3, 0.4) is 0 Å². The van der Waals surface area contributed by atoms with E-state index in [1.807, 2.05) is 13.8 Å². The van der Waals surface area contributed by atoms with Gasteiger partial charge in [-0.2, -0.15) is 0 Å². The van der Waals surface area contributed by atoms with Crippen LogP contribution in [0.4, 0.5) is 11.5 Å². The van der Waals surface area contributed by atoms with Gasteiger partial charge in [0, 0.05) is 7.11 Å². The van der Waals surface area contributed by atoms with Gasteiger partial charge in [-0.05, 0) is 18.1 Å². The number of carbonyl (C=O) groups excluding carboxylic acids is 2. The molecule has 1 aromatic heterocycles. The topological polar surface area (TPSA) is 106 Å². The molecule has 0 aromatic carbocycles. The molecule has 0 unspecified atom stereocenters. The summed E-state index contributed by atoms with van der Waals surface area (Å²) in [6, 6.07) is 2.59. The zero-order valence-electron chi connectivity index (χ0n) is 11.8. The normalized spacial score (nSPS) is 12.0. The van der Waals surface area contributed by atoms with Gasteiger partial charge in [-0.1, -0.05) is 13.8 Å². The number of aromatic nitrogens is 1. The van der Waals surface area contributed by atoms with Crippen molar-refractivity contribution in [1.29, 1.82) is 0 Å². The average Bonchev–Trinajstić information content (AvgIpc) is 2.38. The maximum atomic E-state index is 12.2. The quantitative estimate of drug-likeness (QED) is 0.699. The Hall–Kier alpha value is -2.15. The molecule has 7 nitrogen and oxygen atoms in total. The second-order valence-corrected chi connectivity index (χ2v) is 4.68. The molecule has 0 spiro atoms. The highest BCUT2D eigenvalue weighted by Gasteiger charge is 2.24. The van der Waals surface area contributed by atoms with E-state index in [4.69, 9.17) is 10.5 Å². The van der Waals surface area contributed by atoms with Gasteiger partial charge in [0.2, 0.25) is 11.8 Å². The number of hydrogen-bond acceptors (Lipinski definition) is 5. The van der Waals surface area contributed by atoms with Gasteiger partial charge in [0.05, 0.1) is 11.9 Å². The lowest BCUT2D eigenvalue weighted by atomic mass is 10.0. The fraction of sp³-hybridized carbons (Fsp3) is 0.462. The predicted octanol–water partition coefficient (Wildman–Crippen LogP) is 0.389. The number of hydrogen-bond donors (Lipinski definition) is 3. The minimum absolute atomic E-state index is 0.0578. The second-order valence-electron chi connectivity index (χ2n) is 4.68. The highest BCUT2D eigenvalue weighted by atomic mass is 16.5. The molecule has 0 radical (unpaired) electrons. The van der Waals surface area contributed by atoms with Gasteiger partial charge in [-0.15, -0.1) is 0 Å². The highest BCUT2D eigenvalue weighted by molar-refractivity contribution is 5.97. The van der Waals surface area contributed by atoms with Crippen LogP contribution in [0, 0.1) is 5.92 Å². The van der Waals surface area contributed by atoms with Crippen molar-refractivity contribution in [3.05, 3.63) is 18.3 Å². The van der Waals surface area contributed by atoms with Gasteiger partial charge in [0.15, 0.2) is 0 Å². The van der Waals surface area contributed by atoms with Crippen molar-refractivity contribution in [2.45, 2.75) is 19.9 Å². The van der Waals surface area contributed by atoms with Gasteiger partial charge in [0.25, 0.3) is 0 Å². The largest absolute Gasteiger partial charge is 0.384 e. The standard InChI is InChI=1S/C13H20N4O3/c1-8(2)12(17-11(18)7-20-3)13(19)16-9-4-5-10(14)15-6-9/h4-6,8,12H,7H2,1-3H3,(H2,14,15)(H,16,19)(H,17,18)/t12-/m0/s1. The monoisotopic (exact) mass is 280 g/mol. The van der Waals surface area contributed by atoms with E-state index in [0.717, 1.165) is 0 Å². The fourth-order valence-corrected chi connectivity index (χ4v) is 1.58. The predicted molar refractivity (Wildman–Crippen MR) is 75.9 cm³/mol. The number of anilines is 2. The SMILES string of the molecule is COCC(=O)N[C@H](C(=O)Nc1ccc(N)nc1)C(C)C. The molecule has 0 saturated carbocycles. The lowest BCUT2D eigenvalue weighted by molar-refractivity contribution is -0.129. The molecule has 2 amide bonds. The molecule has 0 aliphatic carbocycles. The summed E-state index contributed by atoms with van der Waals surface area (Å²) >= 11 is 0. The third kappa shape index (κ3) is 4.85. The molecule has 1 rings (SSSR count). The number of nitrogens with zero attached hydrogens (tertiary/aromatic N) is 1. The first-order valence-electron chi connectivity index (χ1n) is 6.24. The maximum absolute atomic E-state index is 12.2. The van der Waals surface area contributed by atoms with Gasteiger partial charge < -0.3 is 21.1 Å². The van der Waals surface area contributed by atoms with Crippen LogP contribution in [-0.4, -0.2) is 36.6 Å². The molecule has 1 heterocycles. The lowest BCUT2D eigenvalue weighted by Gasteiger charge is -2.21. The number of ether oxygens (including phenoxy) is 1. The van der Waals surface area contributed by atoms with Crippen LogP contribution in [0.2, 0.25) is 0 Å². The van der Waals surface area contributed by atoms with Crippen LogP contribution < -0.4 is 16.4 Å². The zero-order chi connectivity index (χ0) is 15.1. The van der Waals surface area contributed by atoms with Crippen LogP contribution in [0.15, 0.2) is 18.3 Å². The van der Waals surface area contributed by atoms with E-state index in [1.54, 1.807) is 12.1 Å². The van der Waals surface area contributed by atoms with Crippen molar-refractivity contribution < 1.29 is 14.3 Å². The Kier molecular flexibility index (Phi) is 5.92. The molecular formula is C13H20N4O3. The molecular weight excluding hydrogens is 260 g/mol. The number of amides is 2. The maximum Gasteiger partial charge on any atom is 0.247 e. The van der Waals surface area contributed by atoms with Crippen LogP contribution in [0.5, 0.6) is 0 Å². The molecule has 110 valence electrons. The highest BCUT2D eigenvalue weighted by Crippen LogP contribution is 2.10. The van der Waals surface area contributed by atoms with Crippen molar-refractivity contribution in [2.24, 2.45) is 5.92 Å².